The molecule has 2 N–H and O–H groups in total. The van der Waals surface area contributed by atoms with Crippen molar-refractivity contribution < 1.29 is 4.79 Å². The highest BCUT2D eigenvalue weighted by Gasteiger charge is 2.39. The maximum Gasteiger partial charge on any atom is 0.221 e. The van der Waals surface area contributed by atoms with Crippen molar-refractivity contribution in [3.8, 4) is 0 Å². The van der Waals surface area contributed by atoms with Gasteiger partial charge < -0.3 is 10.6 Å². The van der Waals surface area contributed by atoms with Gasteiger partial charge in [-0.3, -0.25) is 9.69 Å². The summed E-state index contributed by atoms with van der Waals surface area (Å²) in [5, 5.41) is 6.30. The molecular weight excluding hydrogens is 286 g/mol. The summed E-state index contributed by atoms with van der Waals surface area (Å²) in [5.41, 5.74) is 2.73. The molecule has 0 saturated carbocycles. The van der Waals surface area contributed by atoms with Crippen molar-refractivity contribution in [3.63, 3.8) is 0 Å². The predicted octanol–water partition coefficient (Wildman–Crippen LogP) is 2.25. The van der Waals surface area contributed by atoms with E-state index in [0.29, 0.717) is 5.41 Å². The lowest BCUT2D eigenvalue weighted by molar-refractivity contribution is -0.114. The molecular formula is C16H24ClN3O. The number of nitrogens with one attached hydrogen (secondary N) is 2. The molecule has 2 fully saturated rings. The smallest absolute Gasteiger partial charge is 0.221 e. The highest BCUT2D eigenvalue weighted by Crippen LogP contribution is 2.36. The third-order valence-corrected chi connectivity index (χ3v) is 4.53. The van der Waals surface area contributed by atoms with Gasteiger partial charge >= 0.3 is 0 Å². The molecule has 1 aromatic rings. The maximum atomic E-state index is 11.0. The van der Waals surface area contributed by atoms with Crippen molar-refractivity contribution in [3.05, 3.63) is 29.8 Å². The Morgan fingerprint density at radius 1 is 1.33 bits per heavy atom. The first kappa shape index (κ1) is 16.3. The first-order valence-electron chi connectivity index (χ1n) is 7.45. The molecule has 1 atom stereocenters. The summed E-state index contributed by atoms with van der Waals surface area (Å²) in [6.07, 6.45) is 2.65. The number of benzene rings is 1. The molecule has 0 bridgehead atoms. The fourth-order valence-corrected chi connectivity index (χ4v) is 3.46. The average Bonchev–Trinajstić information content (AvgIpc) is 3.02. The number of hydrogen-bond donors (Lipinski definition) is 2. The largest absolute Gasteiger partial charge is 0.326 e. The molecule has 1 amide bonds. The summed E-state index contributed by atoms with van der Waals surface area (Å²) in [5.74, 6) is -0.0204. The topological polar surface area (TPSA) is 44.4 Å². The highest BCUT2D eigenvalue weighted by atomic mass is 35.5. The molecule has 4 nitrogen and oxygen atoms in total. The number of carbonyl (C=O) groups excluding carboxylic acids is 1. The molecule has 0 radical (unpaired) electrons. The number of hydrogen-bond acceptors (Lipinski definition) is 3. The minimum absolute atomic E-state index is 0. The lowest BCUT2D eigenvalue weighted by Gasteiger charge is -2.22. The van der Waals surface area contributed by atoms with Gasteiger partial charge in [0.2, 0.25) is 5.91 Å². The Morgan fingerprint density at radius 3 is 2.71 bits per heavy atom. The fraction of sp³-hybridized carbons (Fsp3) is 0.562. The number of amides is 1. The van der Waals surface area contributed by atoms with Gasteiger partial charge in [-0.15, -0.1) is 12.4 Å². The van der Waals surface area contributed by atoms with E-state index in [1.165, 1.54) is 51.5 Å². The molecule has 0 aliphatic carbocycles. The lowest BCUT2D eigenvalue weighted by atomic mass is 9.86. The first-order chi connectivity index (χ1) is 9.65. The van der Waals surface area contributed by atoms with Gasteiger partial charge in [0.15, 0.2) is 0 Å². The van der Waals surface area contributed by atoms with Crippen LogP contribution in [0, 0.1) is 5.41 Å². The van der Waals surface area contributed by atoms with Gasteiger partial charge in [-0.2, -0.15) is 0 Å². The summed E-state index contributed by atoms with van der Waals surface area (Å²) >= 11 is 0. The molecule has 1 aromatic carbocycles. The number of rotatable bonds is 3. The number of nitrogens with zero attached hydrogens (tertiary/aromatic N) is 1. The Labute approximate surface area is 132 Å². The van der Waals surface area contributed by atoms with E-state index in [0.717, 1.165) is 12.2 Å². The predicted molar refractivity (Wildman–Crippen MR) is 87.8 cm³/mol. The van der Waals surface area contributed by atoms with Gasteiger partial charge in [-0.25, -0.2) is 0 Å². The van der Waals surface area contributed by atoms with Gasteiger partial charge in [0.05, 0.1) is 0 Å². The van der Waals surface area contributed by atoms with Crippen LogP contribution in [0.25, 0.3) is 0 Å². The molecule has 3 rings (SSSR count). The Balaban J connectivity index is 0.00000161. The molecule has 2 saturated heterocycles. The summed E-state index contributed by atoms with van der Waals surface area (Å²) in [6.45, 7) is 7.34. The van der Waals surface area contributed by atoms with Crippen molar-refractivity contribution in [1.29, 1.82) is 0 Å². The van der Waals surface area contributed by atoms with Crippen LogP contribution in [0.4, 0.5) is 5.69 Å². The molecule has 1 spiro atoms. The monoisotopic (exact) mass is 309 g/mol. The summed E-state index contributed by atoms with van der Waals surface area (Å²) < 4.78 is 0. The molecule has 0 aromatic heterocycles. The molecule has 2 aliphatic heterocycles. The summed E-state index contributed by atoms with van der Waals surface area (Å²) in [4.78, 5) is 13.6. The van der Waals surface area contributed by atoms with E-state index in [2.05, 4.69) is 27.7 Å². The minimum atomic E-state index is -0.0204. The van der Waals surface area contributed by atoms with E-state index in [1.807, 2.05) is 12.1 Å². The Hall–Kier alpha value is -1.10. The number of halogens is 1. The molecule has 2 aliphatic rings. The van der Waals surface area contributed by atoms with Crippen LogP contribution in [-0.4, -0.2) is 37.0 Å². The van der Waals surface area contributed by atoms with Crippen molar-refractivity contribution in [2.45, 2.75) is 26.3 Å². The normalized spacial score (nSPS) is 25.0. The average molecular weight is 310 g/mol. The Bertz CT molecular complexity index is 483. The van der Waals surface area contributed by atoms with Crippen molar-refractivity contribution in [2.75, 3.05) is 31.5 Å². The van der Waals surface area contributed by atoms with E-state index in [9.17, 15) is 4.79 Å². The quantitative estimate of drug-likeness (QED) is 0.900. The van der Waals surface area contributed by atoms with Crippen LogP contribution < -0.4 is 10.6 Å². The highest BCUT2D eigenvalue weighted by molar-refractivity contribution is 5.88. The van der Waals surface area contributed by atoms with Crippen molar-refractivity contribution >= 4 is 24.0 Å². The van der Waals surface area contributed by atoms with Gasteiger partial charge in [0.1, 0.15) is 0 Å². The lowest BCUT2D eigenvalue weighted by Crippen LogP contribution is -2.28. The van der Waals surface area contributed by atoms with Gasteiger partial charge in [0, 0.05) is 32.2 Å². The molecule has 1 unspecified atom stereocenters. The second-order valence-corrected chi connectivity index (χ2v) is 6.27. The summed E-state index contributed by atoms with van der Waals surface area (Å²) in [7, 11) is 0. The van der Waals surface area contributed by atoms with Crippen molar-refractivity contribution in [2.24, 2.45) is 5.41 Å². The van der Waals surface area contributed by atoms with E-state index in [1.54, 1.807) is 0 Å². The Morgan fingerprint density at radius 2 is 2.10 bits per heavy atom. The van der Waals surface area contributed by atoms with Crippen molar-refractivity contribution in [1.82, 2.24) is 10.2 Å². The standard InChI is InChI=1S/C16H23N3O.ClH/c1-13(20)18-15-4-2-14(3-5-15)10-19-9-7-16(12-19)6-8-17-11-16;/h2-5,17H,6-12H2,1H3,(H,18,20);1H. The van der Waals surface area contributed by atoms with E-state index in [-0.39, 0.29) is 18.3 Å². The number of anilines is 1. The van der Waals surface area contributed by atoms with Gasteiger partial charge in [0.25, 0.3) is 0 Å². The molecule has 2 heterocycles. The van der Waals surface area contributed by atoms with E-state index < -0.39 is 0 Å². The van der Waals surface area contributed by atoms with Crippen LogP contribution in [0.15, 0.2) is 24.3 Å². The van der Waals surface area contributed by atoms with Crippen LogP contribution in [0.1, 0.15) is 25.3 Å². The fourth-order valence-electron chi connectivity index (χ4n) is 3.46. The second-order valence-electron chi connectivity index (χ2n) is 6.27. The zero-order chi connectivity index (χ0) is 14.0. The van der Waals surface area contributed by atoms with Crippen LogP contribution in [0.2, 0.25) is 0 Å². The molecule has 5 heteroatoms. The molecule has 116 valence electrons. The minimum Gasteiger partial charge on any atom is -0.326 e. The SMILES string of the molecule is CC(=O)Nc1ccc(CN2CCC3(CCNC3)C2)cc1.Cl. The zero-order valence-corrected chi connectivity index (χ0v) is 13.3. The molecule has 21 heavy (non-hydrogen) atoms. The second kappa shape index (κ2) is 6.77. The zero-order valence-electron chi connectivity index (χ0n) is 12.5. The van der Waals surface area contributed by atoms with Crippen LogP contribution >= 0.6 is 12.4 Å². The maximum absolute atomic E-state index is 11.0. The van der Waals surface area contributed by atoms with Crippen LogP contribution in [0.3, 0.4) is 0 Å². The van der Waals surface area contributed by atoms with Crippen LogP contribution in [0.5, 0.6) is 0 Å². The van der Waals surface area contributed by atoms with Crippen LogP contribution in [-0.2, 0) is 11.3 Å². The Kier molecular flexibility index (Phi) is 5.25. The third kappa shape index (κ3) is 3.96. The number of carbonyl (C=O) groups is 1. The van der Waals surface area contributed by atoms with Gasteiger partial charge in [-0.05, 0) is 49.0 Å². The third-order valence-electron chi connectivity index (χ3n) is 4.53. The summed E-state index contributed by atoms with van der Waals surface area (Å²) in [6, 6.07) is 8.20. The number of likely N-dealkylation sites (tertiary alicyclic amines) is 1. The van der Waals surface area contributed by atoms with Gasteiger partial charge in [-0.1, -0.05) is 12.1 Å². The van der Waals surface area contributed by atoms with E-state index >= 15 is 0 Å². The van der Waals surface area contributed by atoms with E-state index in [4.69, 9.17) is 0 Å². The first-order valence-corrected chi connectivity index (χ1v) is 7.45.